The molecule has 0 saturated heterocycles. The molecule has 1 atom stereocenters. The highest BCUT2D eigenvalue weighted by Gasteiger charge is 2.14. The van der Waals surface area contributed by atoms with Crippen molar-refractivity contribution in [3.8, 4) is 5.75 Å². The first-order chi connectivity index (χ1) is 11.2. The number of benzene rings is 1. The Hall–Kier alpha value is -2.86. The molecule has 2 heterocycles. The number of hydrogen-bond donors (Lipinski definition) is 2. The van der Waals surface area contributed by atoms with Crippen LogP contribution in [0.3, 0.4) is 0 Å². The summed E-state index contributed by atoms with van der Waals surface area (Å²) in [6.07, 6.45) is 2.48. The molecule has 1 amide bonds. The lowest BCUT2D eigenvalue weighted by Crippen LogP contribution is -2.29. The van der Waals surface area contributed by atoms with Crippen molar-refractivity contribution in [2.24, 2.45) is 0 Å². The number of carbonyl (C=O) groups excluding carboxylic acids is 1. The van der Waals surface area contributed by atoms with E-state index in [0.29, 0.717) is 22.7 Å². The van der Waals surface area contributed by atoms with Crippen molar-refractivity contribution in [2.45, 2.75) is 6.10 Å². The van der Waals surface area contributed by atoms with Crippen LogP contribution in [0.1, 0.15) is 22.2 Å². The second kappa shape index (κ2) is 6.50. The SMILES string of the molecule is COc1cccc(C(O)CNC(=O)c2cnc3ccccn23)c1. The molecule has 3 rings (SSSR count). The molecule has 0 saturated carbocycles. The summed E-state index contributed by atoms with van der Waals surface area (Å²) >= 11 is 0. The van der Waals surface area contributed by atoms with Crippen LogP contribution in [0.4, 0.5) is 0 Å². The summed E-state index contributed by atoms with van der Waals surface area (Å²) in [6.45, 7) is 0.103. The summed E-state index contributed by atoms with van der Waals surface area (Å²) in [4.78, 5) is 16.4. The third-order valence-corrected chi connectivity index (χ3v) is 3.58. The van der Waals surface area contributed by atoms with E-state index in [2.05, 4.69) is 10.3 Å². The maximum atomic E-state index is 12.3. The van der Waals surface area contributed by atoms with Crippen LogP contribution in [0, 0.1) is 0 Å². The van der Waals surface area contributed by atoms with Crippen molar-refractivity contribution in [1.29, 1.82) is 0 Å². The van der Waals surface area contributed by atoms with E-state index < -0.39 is 6.10 Å². The van der Waals surface area contributed by atoms with Gasteiger partial charge in [0.25, 0.3) is 5.91 Å². The molecule has 0 fully saturated rings. The predicted molar refractivity (Wildman–Crippen MR) is 85.5 cm³/mol. The molecule has 6 nitrogen and oxygen atoms in total. The Labute approximate surface area is 133 Å². The van der Waals surface area contributed by atoms with Gasteiger partial charge in [0, 0.05) is 12.7 Å². The van der Waals surface area contributed by atoms with Crippen molar-refractivity contribution < 1.29 is 14.6 Å². The maximum absolute atomic E-state index is 12.3. The zero-order chi connectivity index (χ0) is 16.2. The fourth-order valence-electron chi connectivity index (χ4n) is 2.35. The minimum atomic E-state index is -0.812. The number of ether oxygens (including phenoxy) is 1. The van der Waals surface area contributed by atoms with E-state index in [1.807, 2.05) is 18.2 Å². The molecule has 118 valence electrons. The highest BCUT2D eigenvalue weighted by molar-refractivity contribution is 5.93. The Morgan fingerprint density at radius 2 is 2.22 bits per heavy atom. The van der Waals surface area contributed by atoms with Crippen LogP contribution in [-0.2, 0) is 0 Å². The minimum Gasteiger partial charge on any atom is -0.497 e. The number of aromatic nitrogens is 2. The average molecular weight is 311 g/mol. The Morgan fingerprint density at radius 1 is 1.35 bits per heavy atom. The second-order valence-corrected chi connectivity index (χ2v) is 5.07. The minimum absolute atomic E-state index is 0.103. The van der Waals surface area contributed by atoms with Gasteiger partial charge in [-0.1, -0.05) is 18.2 Å². The molecule has 0 bridgehead atoms. The Morgan fingerprint density at radius 3 is 3.04 bits per heavy atom. The van der Waals surface area contributed by atoms with Gasteiger partial charge in [0.05, 0.1) is 19.4 Å². The molecule has 1 unspecified atom stereocenters. The summed E-state index contributed by atoms with van der Waals surface area (Å²) in [5.41, 5.74) is 1.81. The van der Waals surface area contributed by atoms with Crippen LogP contribution in [0.5, 0.6) is 5.75 Å². The van der Waals surface area contributed by atoms with Crippen LogP contribution in [0.2, 0.25) is 0 Å². The van der Waals surface area contributed by atoms with Crippen molar-refractivity contribution in [1.82, 2.24) is 14.7 Å². The van der Waals surface area contributed by atoms with Crippen LogP contribution in [-0.4, -0.2) is 34.1 Å². The van der Waals surface area contributed by atoms with E-state index in [0.717, 1.165) is 0 Å². The molecule has 23 heavy (non-hydrogen) atoms. The van der Waals surface area contributed by atoms with Gasteiger partial charge in [-0.2, -0.15) is 0 Å². The zero-order valence-corrected chi connectivity index (χ0v) is 12.6. The number of amides is 1. The topological polar surface area (TPSA) is 75.9 Å². The molecule has 2 N–H and O–H groups in total. The largest absolute Gasteiger partial charge is 0.497 e. The van der Waals surface area contributed by atoms with Gasteiger partial charge >= 0.3 is 0 Å². The van der Waals surface area contributed by atoms with Crippen molar-refractivity contribution in [3.05, 3.63) is 66.1 Å². The normalized spacial score (nSPS) is 12.1. The Balaban J connectivity index is 1.68. The van der Waals surface area contributed by atoms with E-state index in [1.54, 1.807) is 42.0 Å². The molecule has 2 aromatic heterocycles. The number of nitrogens with one attached hydrogen (secondary N) is 1. The maximum Gasteiger partial charge on any atom is 0.270 e. The molecular formula is C17H17N3O3. The van der Waals surface area contributed by atoms with Crippen LogP contribution >= 0.6 is 0 Å². The average Bonchev–Trinajstić information content (AvgIpc) is 3.03. The number of pyridine rings is 1. The van der Waals surface area contributed by atoms with Crippen molar-refractivity contribution in [2.75, 3.05) is 13.7 Å². The number of nitrogens with zero attached hydrogens (tertiary/aromatic N) is 2. The molecule has 0 aliphatic carbocycles. The van der Waals surface area contributed by atoms with Crippen molar-refractivity contribution >= 4 is 11.6 Å². The molecular weight excluding hydrogens is 294 g/mol. The monoisotopic (exact) mass is 311 g/mol. The van der Waals surface area contributed by atoms with Crippen LogP contribution in [0.25, 0.3) is 5.65 Å². The van der Waals surface area contributed by atoms with E-state index >= 15 is 0 Å². The van der Waals surface area contributed by atoms with Gasteiger partial charge in [-0.3, -0.25) is 9.20 Å². The predicted octanol–water partition coefficient (Wildman–Crippen LogP) is 1.81. The molecule has 0 aliphatic rings. The highest BCUT2D eigenvalue weighted by Crippen LogP contribution is 2.18. The van der Waals surface area contributed by atoms with Crippen molar-refractivity contribution in [3.63, 3.8) is 0 Å². The number of hydrogen-bond acceptors (Lipinski definition) is 4. The number of carbonyl (C=O) groups is 1. The molecule has 0 aliphatic heterocycles. The van der Waals surface area contributed by atoms with E-state index in [4.69, 9.17) is 4.74 Å². The lowest BCUT2D eigenvalue weighted by molar-refractivity contribution is 0.0910. The quantitative estimate of drug-likeness (QED) is 0.753. The fraction of sp³-hybridized carbons (Fsp3) is 0.176. The van der Waals surface area contributed by atoms with E-state index in [-0.39, 0.29) is 12.5 Å². The van der Waals surface area contributed by atoms with Gasteiger partial charge < -0.3 is 15.2 Å². The molecule has 0 spiro atoms. The number of aliphatic hydroxyl groups excluding tert-OH is 1. The summed E-state index contributed by atoms with van der Waals surface area (Å²) in [6, 6.07) is 12.6. The molecule has 1 aromatic carbocycles. The number of methoxy groups -OCH3 is 1. The lowest BCUT2D eigenvalue weighted by Gasteiger charge is -2.13. The lowest BCUT2D eigenvalue weighted by atomic mass is 10.1. The summed E-state index contributed by atoms with van der Waals surface area (Å²) in [7, 11) is 1.57. The van der Waals surface area contributed by atoms with Gasteiger partial charge in [-0.05, 0) is 29.8 Å². The van der Waals surface area contributed by atoms with Gasteiger partial charge in [0.15, 0.2) is 0 Å². The standard InChI is InChI=1S/C17H17N3O3/c1-23-13-6-4-5-12(9-13)15(21)11-19-17(22)14-10-18-16-7-2-3-8-20(14)16/h2-10,15,21H,11H2,1H3,(H,19,22). The Kier molecular flexibility index (Phi) is 4.25. The third-order valence-electron chi connectivity index (χ3n) is 3.58. The fourth-order valence-corrected chi connectivity index (χ4v) is 2.35. The smallest absolute Gasteiger partial charge is 0.270 e. The number of imidazole rings is 1. The number of fused-ring (bicyclic) bond motifs is 1. The second-order valence-electron chi connectivity index (χ2n) is 5.07. The van der Waals surface area contributed by atoms with E-state index in [1.165, 1.54) is 6.20 Å². The van der Waals surface area contributed by atoms with E-state index in [9.17, 15) is 9.90 Å². The van der Waals surface area contributed by atoms with Gasteiger partial charge in [-0.25, -0.2) is 4.98 Å². The van der Waals surface area contributed by atoms with Gasteiger partial charge in [-0.15, -0.1) is 0 Å². The van der Waals surface area contributed by atoms with Gasteiger partial charge in [0.2, 0.25) is 0 Å². The summed E-state index contributed by atoms with van der Waals surface area (Å²) < 4.78 is 6.83. The molecule has 6 heteroatoms. The van der Waals surface area contributed by atoms with Crippen LogP contribution in [0.15, 0.2) is 54.9 Å². The third kappa shape index (κ3) is 3.17. The Bertz CT molecular complexity index is 829. The first-order valence-electron chi connectivity index (χ1n) is 7.21. The molecule has 0 radical (unpaired) electrons. The molecule has 3 aromatic rings. The first-order valence-corrected chi connectivity index (χ1v) is 7.21. The highest BCUT2D eigenvalue weighted by atomic mass is 16.5. The van der Waals surface area contributed by atoms with Gasteiger partial charge in [0.1, 0.15) is 17.1 Å². The van der Waals surface area contributed by atoms with Crippen LogP contribution < -0.4 is 10.1 Å². The first kappa shape index (κ1) is 15.1. The number of rotatable bonds is 5. The summed E-state index contributed by atoms with van der Waals surface area (Å²) in [5, 5.41) is 12.9. The zero-order valence-electron chi connectivity index (χ0n) is 12.6. The summed E-state index contributed by atoms with van der Waals surface area (Å²) in [5.74, 6) is 0.375. The number of aliphatic hydroxyl groups is 1.